The van der Waals surface area contributed by atoms with Crippen LogP contribution < -0.4 is 5.32 Å². The Morgan fingerprint density at radius 1 is 1.28 bits per heavy atom. The maximum absolute atomic E-state index is 11.0. The molecule has 0 saturated carbocycles. The summed E-state index contributed by atoms with van der Waals surface area (Å²) in [6.45, 7) is 3.50. The Morgan fingerprint density at radius 3 is 2.44 bits per heavy atom. The van der Waals surface area contributed by atoms with Crippen LogP contribution in [-0.4, -0.2) is 15.7 Å². The minimum absolute atomic E-state index is 0.0150. The molecule has 94 valence electrons. The highest BCUT2D eigenvalue weighted by molar-refractivity contribution is 5.73. The third-order valence-corrected chi connectivity index (χ3v) is 2.87. The quantitative estimate of drug-likeness (QED) is 0.899. The molecular weight excluding hydrogens is 226 g/mol. The lowest BCUT2D eigenvalue weighted by atomic mass is 10.0. The van der Waals surface area contributed by atoms with Gasteiger partial charge >= 0.3 is 0 Å². The minimum atomic E-state index is -0.0150. The van der Waals surface area contributed by atoms with Gasteiger partial charge in [0, 0.05) is 25.7 Å². The highest BCUT2D eigenvalue weighted by Crippen LogP contribution is 2.21. The summed E-state index contributed by atoms with van der Waals surface area (Å²) in [7, 11) is 1.90. The number of amides is 1. The van der Waals surface area contributed by atoms with Gasteiger partial charge in [0.25, 0.3) is 0 Å². The Morgan fingerprint density at radius 2 is 1.94 bits per heavy atom. The van der Waals surface area contributed by atoms with Crippen LogP contribution in [0.1, 0.15) is 25.5 Å². The minimum Gasteiger partial charge on any atom is -0.350 e. The summed E-state index contributed by atoms with van der Waals surface area (Å²) in [5, 5.41) is 7.02. The molecule has 0 aliphatic heterocycles. The van der Waals surface area contributed by atoms with Gasteiger partial charge in [0.2, 0.25) is 5.91 Å². The second kappa shape index (κ2) is 5.04. The molecule has 0 fully saturated rings. The van der Waals surface area contributed by atoms with Crippen molar-refractivity contribution in [3.63, 3.8) is 0 Å². The van der Waals surface area contributed by atoms with E-state index in [1.807, 2.05) is 50.6 Å². The summed E-state index contributed by atoms with van der Waals surface area (Å²) in [6.07, 6.45) is 3.82. The third kappa shape index (κ3) is 2.77. The van der Waals surface area contributed by atoms with E-state index in [2.05, 4.69) is 10.4 Å². The largest absolute Gasteiger partial charge is 0.350 e. The molecule has 0 saturated heterocycles. The number of nitrogens with one attached hydrogen (secondary N) is 1. The van der Waals surface area contributed by atoms with Crippen LogP contribution in [0.5, 0.6) is 0 Å². The molecule has 1 aromatic heterocycles. The van der Waals surface area contributed by atoms with Crippen molar-refractivity contribution >= 4 is 5.91 Å². The molecule has 0 aliphatic rings. The van der Waals surface area contributed by atoms with Gasteiger partial charge in [0.1, 0.15) is 0 Å². The Balaban J connectivity index is 2.17. The number of carbonyl (C=O) groups excluding carboxylic acids is 1. The van der Waals surface area contributed by atoms with E-state index in [1.54, 1.807) is 4.68 Å². The van der Waals surface area contributed by atoms with E-state index >= 15 is 0 Å². The van der Waals surface area contributed by atoms with E-state index in [0.717, 1.165) is 16.7 Å². The van der Waals surface area contributed by atoms with Gasteiger partial charge in [-0.2, -0.15) is 5.10 Å². The zero-order valence-corrected chi connectivity index (χ0v) is 10.8. The topological polar surface area (TPSA) is 46.9 Å². The Kier molecular flexibility index (Phi) is 3.46. The zero-order valence-electron chi connectivity index (χ0n) is 10.8. The average Bonchev–Trinajstić information content (AvgIpc) is 2.75. The first-order chi connectivity index (χ1) is 8.56. The monoisotopic (exact) mass is 243 g/mol. The predicted molar refractivity (Wildman–Crippen MR) is 70.9 cm³/mol. The summed E-state index contributed by atoms with van der Waals surface area (Å²) in [5.74, 6) is -0.0150. The van der Waals surface area contributed by atoms with Crippen molar-refractivity contribution in [1.82, 2.24) is 15.1 Å². The maximum Gasteiger partial charge on any atom is 0.217 e. The summed E-state index contributed by atoms with van der Waals surface area (Å²) >= 11 is 0. The molecule has 0 spiro atoms. The highest BCUT2D eigenvalue weighted by atomic mass is 16.1. The van der Waals surface area contributed by atoms with Crippen molar-refractivity contribution in [2.75, 3.05) is 0 Å². The first-order valence-electron chi connectivity index (χ1n) is 5.92. The van der Waals surface area contributed by atoms with Crippen LogP contribution in [0.2, 0.25) is 0 Å². The lowest BCUT2D eigenvalue weighted by molar-refractivity contribution is -0.119. The predicted octanol–water partition coefficient (Wildman–Crippen LogP) is 2.28. The van der Waals surface area contributed by atoms with Gasteiger partial charge in [0.05, 0.1) is 12.2 Å². The smallest absolute Gasteiger partial charge is 0.217 e. The number of hydrogen-bond donors (Lipinski definition) is 1. The molecule has 2 aromatic rings. The van der Waals surface area contributed by atoms with Crippen molar-refractivity contribution in [1.29, 1.82) is 0 Å². The normalized spacial score (nSPS) is 12.2. The molecule has 0 unspecified atom stereocenters. The number of rotatable bonds is 3. The van der Waals surface area contributed by atoms with Gasteiger partial charge in [-0.05, 0) is 18.1 Å². The number of carbonyl (C=O) groups is 1. The molecule has 1 atom stereocenters. The molecule has 4 nitrogen and oxygen atoms in total. The van der Waals surface area contributed by atoms with Crippen LogP contribution in [0.25, 0.3) is 11.1 Å². The Hall–Kier alpha value is -2.10. The van der Waals surface area contributed by atoms with E-state index in [-0.39, 0.29) is 11.9 Å². The van der Waals surface area contributed by atoms with Crippen LogP contribution in [0.15, 0.2) is 36.7 Å². The number of aryl methyl sites for hydroxylation is 1. The van der Waals surface area contributed by atoms with E-state index in [1.165, 1.54) is 6.92 Å². The first-order valence-corrected chi connectivity index (χ1v) is 5.92. The molecule has 0 bridgehead atoms. The summed E-state index contributed by atoms with van der Waals surface area (Å²) in [5.41, 5.74) is 3.32. The summed E-state index contributed by atoms with van der Waals surface area (Å²) in [4.78, 5) is 11.0. The SMILES string of the molecule is CC(=O)N[C@@H](C)c1ccc(-c2cnn(C)c2)cc1. The van der Waals surface area contributed by atoms with Crippen molar-refractivity contribution < 1.29 is 4.79 Å². The molecule has 0 radical (unpaired) electrons. The lowest BCUT2D eigenvalue weighted by Crippen LogP contribution is -2.23. The molecule has 1 amide bonds. The molecule has 2 rings (SSSR count). The van der Waals surface area contributed by atoms with Crippen molar-refractivity contribution in [3.05, 3.63) is 42.2 Å². The van der Waals surface area contributed by atoms with Gasteiger partial charge in [0.15, 0.2) is 0 Å². The third-order valence-electron chi connectivity index (χ3n) is 2.87. The molecular formula is C14H17N3O. The standard InChI is InChI=1S/C14H17N3O/c1-10(16-11(2)18)12-4-6-13(7-5-12)14-8-15-17(3)9-14/h4-10H,1-3H3,(H,16,18)/t10-/m0/s1. The fourth-order valence-corrected chi connectivity index (χ4v) is 1.92. The second-order valence-corrected chi connectivity index (χ2v) is 4.45. The summed E-state index contributed by atoms with van der Waals surface area (Å²) in [6, 6.07) is 8.19. The fraction of sp³-hybridized carbons (Fsp3) is 0.286. The van der Waals surface area contributed by atoms with Crippen molar-refractivity contribution in [2.45, 2.75) is 19.9 Å². The van der Waals surface area contributed by atoms with Crippen molar-refractivity contribution in [3.8, 4) is 11.1 Å². The lowest BCUT2D eigenvalue weighted by Gasteiger charge is -2.13. The molecule has 0 aliphatic carbocycles. The molecule has 4 heteroatoms. The average molecular weight is 243 g/mol. The van der Waals surface area contributed by atoms with Crippen LogP contribution in [0, 0.1) is 0 Å². The van der Waals surface area contributed by atoms with E-state index in [4.69, 9.17) is 0 Å². The van der Waals surface area contributed by atoms with Crippen LogP contribution in [0.3, 0.4) is 0 Å². The first kappa shape index (κ1) is 12.4. The van der Waals surface area contributed by atoms with Gasteiger partial charge < -0.3 is 5.32 Å². The molecule has 1 aromatic carbocycles. The van der Waals surface area contributed by atoms with E-state index in [0.29, 0.717) is 0 Å². The van der Waals surface area contributed by atoms with Crippen LogP contribution in [0.4, 0.5) is 0 Å². The number of aromatic nitrogens is 2. The maximum atomic E-state index is 11.0. The van der Waals surface area contributed by atoms with Gasteiger partial charge in [-0.25, -0.2) is 0 Å². The number of benzene rings is 1. The van der Waals surface area contributed by atoms with Crippen LogP contribution >= 0.6 is 0 Å². The van der Waals surface area contributed by atoms with Gasteiger partial charge in [-0.3, -0.25) is 9.48 Å². The molecule has 1 N–H and O–H groups in total. The van der Waals surface area contributed by atoms with E-state index < -0.39 is 0 Å². The van der Waals surface area contributed by atoms with Gasteiger partial charge in [-0.1, -0.05) is 24.3 Å². The fourth-order valence-electron chi connectivity index (χ4n) is 1.92. The van der Waals surface area contributed by atoms with Crippen molar-refractivity contribution in [2.24, 2.45) is 7.05 Å². The Bertz CT molecular complexity index is 542. The molecule has 1 heterocycles. The second-order valence-electron chi connectivity index (χ2n) is 4.45. The van der Waals surface area contributed by atoms with Gasteiger partial charge in [-0.15, -0.1) is 0 Å². The number of nitrogens with zero attached hydrogens (tertiary/aromatic N) is 2. The highest BCUT2D eigenvalue weighted by Gasteiger charge is 2.07. The zero-order chi connectivity index (χ0) is 13.1. The van der Waals surface area contributed by atoms with Crippen LogP contribution in [-0.2, 0) is 11.8 Å². The van der Waals surface area contributed by atoms with E-state index in [9.17, 15) is 4.79 Å². The summed E-state index contributed by atoms with van der Waals surface area (Å²) < 4.78 is 1.78. The molecule has 18 heavy (non-hydrogen) atoms. The number of hydrogen-bond acceptors (Lipinski definition) is 2. The Labute approximate surface area is 107 Å².